The van der Waals surface area contributed by atoms with Gasteiger partial charge in [0, 0.05) is 44.8 Å². The van der Waals surface area contributed by atoms with E-state index in [-0.39, 0.29) is 23.6 Å². The number of nitrogens with zero attached hydrogens (tertiary/aromatic N) is 1. The average molecular weight is 567 g/mol. The molecule has 12 heteroatoms. The molecule has 2 aliphatic rings. The molecule has 0 radical (unpaired) electrons. The van der Waals surface area contributed by atoms with Crippen molar-refractivity contribution in [3.05, 3.63) is 65.7 Å². The number of hydrogen-bond acceptors (Lipinski definition) is 7. The highest BCUT2D eigenvalue weighted by Crippen LogP contribution is 2.35. The maximum absolute atomic E-state index is 13.4. The third-order valence-electron chi connectivity index (χ3n) is 6.17. The predicted molar refractivity (Wildman–Crippen MR) is 141 cm³/mol. The van der Waals surface area contributed by atoms with Gasteiger partial charge in [-0.1, -0.05) is 24.3 Å². The summed E-state index contributed by atoms with van der Waals surface area (Å²) < 4.78 is 43.4. The Balaban J connectivity index is 0.000000234. The van der Waals surface area contributed by atoms with E-state index in [9.17, 15) is 13.6 Å². The standard InChI is InChI=1S/C13H18FNO2.C13H16FNO2.C2H2O4/c1-15-8-2-7-13(16-9-10-17-13)11-3-5-12(14)6-4-11;1-10(16)15-8-6-11(7-9-15)17-13-5-3-2-4-12(13)14;3-1(4)2(5)6/h3-6,15H,2,7-10H2,1H3;2-5,11H,6-9H2,1H3;(H,3,4)(H,5,6). The molecule has 2 saturated heterocycles. The van der Waals surface area contributed by atoms with Gasteiger partial charge < -0.3 is 34.6 Å². The van der Waals surface area contributed by atoms with E-state index < -0.39 is 17.7 Å². The van der Waals surface area contributed by atoms with Crippen molar-refractivity contribution in [1.82, 2.24) is 10.2 Å². The highest BCUT2D eigenvalue weighted by Gasteiger charge is 2.37. The Bertz CT molecular complexity index is 1070. The maximum atomic E-state index is 13.4. The van der Waals surface area contributed by atoms with Crippen LogP contribution in [0.2, 0.25) is 0 Å². The predicted octanol–water partition coefficient (Wildman–Crippen LogP) is 3.40. The van der Waals surface area contributed by atoms with Crippen LogP contribution in [-0.2, 0) is 29.6 Å². The van der Waals surface area contributed by atoms with E-state index in [0.29, 0.717) is 32.1 Å². The zero-order valence-electron chi connectivity index (χ0n) is 22.6. The molecule has 0 bridgehead atoms. The van der Waals surface area contributed by atoms with Crippen LogP contribution in [0.1, 0.15) is 38.2 Å². The molecule has 0 spiro atoms. The molecule has 40 heavy (non-hydrogen) atoms. The lowest BCUT2D eigenvalue weighted by atomic mass is 10.0. The molecule has 0 aliphatic carbocycles. The number of carbonyl (C=O) groups excluding carboxylic acids is 1. The van der Waals surface area contributed by atoms with Crippen LogP contribution < -0.4 is 10.1 Å². The first kappa shape index (κ1) is 32.6. The first-order chi connectivity index (χ1) is 19.1. The number of halogens is 2. The van der Waals surface area contributed by atoms with Crippen molar-refractivity contribution in [3.8, 4) is 5.75 Å². The number of benzene rings is 2. The second kappa shape index (κ2) is 16.5. The van der Waals surface area contributed by atoms with Crippen LogP contribution in [0.5, 0.6) is 5.75 Å². The van der Waals surface area contributed by atoms with Crippen molar-refractivity contribution in [3.63, 3.8) is 0 Å². The Labute approximate surface area is 231 Å². The summed E-state index contributed by atoms with van der Waals surface area (Å²) >= 11 is 0. The summed E-state index contributed by atoms with van der Waals surface area (Å²) in [7, 11) is 1.92. The number of piperidine rings is 1. The number of rotatable bonds is 7. The van der Waals surface area contributed by atoms with Crippen LogP contribution in [0.25, 0.3) is 0 Å². The molecule has 0 unspecified atom stereocenters. The number of carbonyl (C=O) groups is 3. The lowest BCUT2D eigenvalue weighted by molar-refractivity contribution is -0.171. The zero-order chi connectivity index (χ0) is 29.5. The number of para-hydroxylation sites is 1. The maximum Gasteiger partial charge on any atom is 0.414 e. The number of nitrogens with one attached hydrogen (secondary N) is 1. The van der Waals surface area contributed by atoms with Crippen molar-refractivity contribution >= 4 is 17.8 Å². The van der Waals surface area contributed by atoms with E-state index in [1.165, 1.54) is 18.2 Å². The van der Waals surface area contributed by atoms with Gasteiger partial charge in [0.1, 0.15) is 11.9 Å². The van der Waals surface area contributed by atoms with Crippen LogP contribution in [0.3, 0.4) is 0 Å². The van der Waals surface area contributed by atoms with Crippen molar-refractivity contribution in [2.24, 2.45) is 0 Å². The summed E-state index contributed by atoms with van der Waals surface area (Å²) in [5.41, 5.74) is 0.896. The second-order valence-electron chi connectivity index (χ2n) is 9.03. The summed E-state index contributed by atoms with van der Waals surface area (Å²) in [6, 6.07) is 12.8. The third-order valence-corrected chi connectivity index (χ3v) is 6.17. The molecule has 10 nitrogen and oxygen atoms in total. The normalized spacial score (nSPS) is 16.1. The van der Waals surface area contributed by atoms with Gasteiger partial charge in [0.15, 0.2) is 17.4 Å². The van der Waals surface area contributed by atoms with Crippen molar-refractivity contribution in [2.75, 3.05) is 39.9 Å². The van der Waals surface area contributed by atoms with Gasteiger partial charge in [-0.25, -0.2) is 18.4 Å². The summed E-state index contributed by atoms with van der Waals surface area (Å²) in [4.78, 5) is 31.1. The minimum atomic E-state index is -1.82. The van der Waals surface area contributed by atoms with Crippen LogP contribution in [-0.4, -0.2) is 79.0 Å². The molecule has 0 atom stereocenters. The van der Waals surface area contributed by atoms with Crippen molar-refractivity contribution < 1.29 is 47.6 Å². The Morgan fingerprint density at radius 1 is 1.00 bits per heavy atom. The van der Waals surface area contributed by atoms with Crippen LogP contribution in [0.15, 0.2) is 48.5 Å². The third kappa shape index (κ3) is 10.5. The minimum absolute atomic E-state index is 0.00231. The average Bonchev–Trinajstić information content (AvgIpc) is 3.41. The van der Waals surface area contributed by atoms with Gasteiger partial charge in [0.25, 0.3) is 0 Å². The van der Waals surface area contributed by atoms with E-state index in [4.69, 9.17) is 34.0 Å². The molecule has 220 valence electrons. The smallest absolute Gasteiger partial charge is 0.414 e. The number of hydrogen-bond donors (Lipinski definition) is 3. The molecule has 0 aromatic heterocycles. The fraction of sp³-hybridized carbons (Fsp3) is 0.464. The van der Waals surface area contributed by atoms with Crippen LogP contribution >= 0.6 is 0 Å². The largest absolute Gasteiger partial charge is 0.487 e. The van der Waals surface area contributed by atoms with E-state index in [2.05, 4.69) is 5.32 Å². The first-order valence-electron chi connectivity index (χ1n) is 12.9. The fourth-order valence-corrected chi connectivity index (χ4v) is 4.12. The first-order valence-corrected chi connectivity index (χ1v) is 12.9. The highest BCUT2D eigenvalue weighted by molar-refractivity contribution is 6.27. The number of amides is 1. The summed E-state index contributed by atoms with van der Waals surface area (Å²) in [5, 5.41) is 17.9. The summed E-state index contributed by atoms with van der Waals surface area (Å²) in [6.45, 7) is 5.05. The summed E-state index contributed by atoms with van der Waals surface area (Å²) in [6.07, 6.45) is 3.25. The Hall–Kier alpha value is -3.61. The molecule has 2 aromatic rings. The number of carboxylic acids is 2. The zero-order valence-corrected chi connectivity index (χ0v) is 22.6. The van der Waals surface area contributed by atoms with E-state index in [1.807, 2.05) is 7.05 Å². The van der Waals surface area contributed by atoms with Crippen LogP contribution in [0, 0.1) is 11.6 Å². The number of aliphatic carboxylic acids is 2. The van der Waals surface area contributed by atoms with Crippen molar-refractivity contribution in [2.45, 2.75) is 44.5 Å². The molecular weight excluding hydrogens is 530 g/mol. The SMILES string of the molecule is CC(=O)N1CCC(Oc2ccccc2F)CC1.CNCCCC1(c2ccc(F)cc2)OCCO1.O=C(O)C(=O)O. The molecule has 2 aromatic carbocycles. The van der Waals surface area contributed by atoms with E-state index in [0.717, 1.165) is 37.8 Å². The molecule has 1 amide bonds. The summed E-state index contributed by atoms with van der Waals surface area (Å²) in [5.74, 6) is -4.50. The quantitative estimate of drug-likeness (QED) is 0.341. The minimum Gasteiger partial charge on any atom is -0.487 e. The monoisotopic (exact) mass is 566 g/mol. The number of likely N-dealkylation sites (tertiary alicyclic amines) is 1. The molecular formula is C28H36F2N2O8. The topological polar surface area (TPSA) is 135 Å². The Kier molecular flexibility index (Phi) is 13.4. The van der Waals surface area contributed by atoms with Gasteiger partial charge in [-0.2, -0.15) is 0 Å². The van der Waals surface area contributed by atoms with Crippen molar-refractivity contribution in [1.29, 1.82) is 0 Å². The molecule has 2 heterocycles. The Morgan fingerprint density at radius 3 is 2.08 bits per heavy atom. The van der Waals surface area contributed by atoms with Gasteiger partial charge in [-0.05, 0) is 44.3 Å². The lowest BCUT2D eigenvalue weighted by Gasteiger charge is -2.31. The van der Waals surface area contributed by atoms with E-state index in [1.54, 1.807) is 42.2 Å². The van der Waals surface area contributed by atoms with E-state index >= 15 is 0 Å². The second-order valence-corrected chi connectivity index (χ2v) is 9.03. The molecule has 3 N–H and O–H groups in total. The Morgan fingerprint density at radius 2 is 1.57 bits per heavy atom. The van der Waals surface area contributed by atoms with Gasteiger partial charge in [-0.15, -0.1) is 0 Å². The number of ether oxygens (including phenoxy) is 3. The van der Waals surface area contributed by atoms with Gasteiger partial charge in [0.2, 0.25) is 5.91 Å². The molecule has 4 rings (SSSR count). The molecule has 0 saturated carbocycles. The molecule has 2 fully saturated rings. The van der Waals surface area contributed by atoms with Gasteiger partial charge >= 0.3 is 11.9 Å². The van der Waals surface area contributed by atoms with Crippen LogP contribution in [0.4, 0.5) is 8.78 Å². The van der Waals surface area contributed by atoms with Gasteiger partial charge in [0.05, 0.1) is 13.2 Å². The highest BCUT2D eigenvalue weighted by atomic mass is 19.1. The fourth-order valence-electron chi connectivity index (χ4n) is 4.12. The lowest BCUT2D eigenvalue weighted by Crippen LogP contribution is -2.40. The molecule has 2 aliphatic heterocycles. The van der Waals surface area contributed by atoms with Gasteiger partial charge in [-0.3, -0.25) is 4.79 Å². The number of carboxylic acid groups (broad SMARTS) is 2.